The lowest BCUT2D eigenvalue weighted by Gasteiger charge is -2.27. The van der Waals surface area contributed by atoms with E-state index in [1.807, 2.05) is 0 Å². The van der Waals surface area contributed by atoms with Crippen molar-refractivity contribution in [2.45, 2.75) is 44.3 Å². The number of hydrogen-bond acceptors (Lipinski definition) is 5. The Balaban J connectivity index is 2.02. The van der Waals surface area contributed by atoms with E-state index in [9.17, 15) is 29.4 Å². The van der Waals surface area contributed by atoms with Gasteiger partial charge in [-0.2, -0.15) is 0 Å². The number of Topliss-reactive ketones (excluding diaryl/α,β-unsaturated/α-hetero) is 1. The second-order valence-corrected chi connectivity index (χ2v) is 6.30. The molecule has 2 rings (SSSR count). The first-order valence-electron chi connectivity index (χ1n) is 8.41. The van der Waals surface area contributed by atoms with Crippen LogP contribution >= 0.6 is 0 Å². The van der Waals surface area contributed by atoms with Gasteiger partial charge in [0.1, 0.15) is 12.1 Å². The van der Waals surface area contributed by atoms with E-state index in [-0.39, 0.29) is 12.2 Å². The van der Waals surface area contributed by atoms with E-state index < -0.39 is 36.0 Å². The molecule has 0 aliphatic carbocycles. The number of rotatable bonds is 8. The van der Waals surface area contributed by atoms with Crippen LogP contribution in [-0.4, -0.2) is 63.4 Å². The molecule has 0 saturated carbocycles. The third-order valence-corrected chi connectivity index (χ3v) is 4.43. The molecule has 1 unspecified atom stereocenters. The molecule has 3 atom stereocenters. The van der Waals surface area contributed by atoms with Gasteiger partial charge in [-0.15, -0.1) is 0 Å². The number of amides is 1. The molecule has 140 valence electrons. The molecule has 3 N–H and O–H groups in total. The van der Waals surface area contributed by atoms with Crippen molar-refractivity contribution >= 4 is 23.6 Å². The first-order valence-corrected chi connectivity index (χ1v) is 8.41. The fourth-order valence-electron chi connectivity index (χ4n) is 3.05. The van der Waals surface area contributed by atoms with E-state index in [1.54, 1.807) is 30.3 Å². The molecule has 1 heterocycles. The lowest BCUT2D eigenvalue weighted by Crippen LogP contribution is -2.53. The number of carbonyl (C=O) groups is 4. The average molecular weight is 362 g/mol. The Morgan fingerprint density at radius 3 is 2.42 bits per heavy atom. The molecule has 1 amide bonds. The number of nitrogens with one attached hydrogen (secondary N) is 1. The largest absolute Gasteiger partial charge is 0.480 e. The van der Waals surface area contributed by atoms with Crippen molar-refractivity contribution in [3.63, 3.8) is 0 Å². The topological polar surface area (TPSA) is 124 Å². The van der Waals surface area contributed by atoms with Crippen LogP contribution in [0.25, 0.3) is 0 Å². The van der Waals surface area contributed by atoms with Crippen molar-refractivity contribution in [3.05, 3.63) is 35.9 Å². The zero-order chi connectivity index (χ0) is 19.3. The van der Waals surface area contributed by atoms with Crippen LogP contribution < -0.4 is 5.32 Å². The van der Waals surface area contributed by atoms with Crippen molar-refractivity contribution in [3.8, 4) is 0 Å². The Labute approximate surface area is 150 Å². The lowest BCUT2D eigenvalue weighted by atomic mass is 10.0. The Bertz CT molecular complexity index is 690. The van der Waals surface area contributed by atoms with Crippen molar-refractivity contribution in [1.29, 1.82) is 0 Å². The van der Waals surface area contributed by atoms with E-state index in [1.165, 1.54) is 11.8 Å². The summed E-state index contributed by atoms with van der Waals surface area (Å²) in [6.45, 7) is 1.80. The van der Waals surface area contributed by atoms with Crippen LogP contribution in [0.2, 0.25) is 0 Å². The number of nitrogens with zero attached hydrogens (tertiary/aromatic N) is 1. The normalized spacial score (nSPS) is 19.0. The monoisotopic (exact) mass is 362 g/mol. The molecular formula is C18H22N2O6. The Morgan fingerprint density at radius 2 is 1.85 bits per heavy atom. The molecule has 8 heteroatoms. The van der Waals surface area contributed by atoms with E-state index in [4.69, 9.17) is 0 Å². The Kier molecular flexibility index (Phi) is 6.46. The van der Waals surface area contributed by atoms with Crippen LogP contribution in [-0.2, 0) is 14.4 Å². The molecule has 8 nitrogen and oxygen atoms in total. The van der Waals surface area contributed by atoms with Gasteiger partial charge in [0, 0.05) is 18.5 Å². The smallest absolute Gasteiger partial charge is 0.326 e. The number of carbonyl (C=O) groups excluding carboxylic acids is 2. The number of likely N-dealkylation sites (tertiary alicyclic amines) is 1. The van der Waals surface area contributed by atoms with Gasteiger partial charge in [0.25, 0.3) is 0 Å². The van der Waals surface area contributed by atoms with Crippen molar-refractivity contribution in [1.82, 2.24) is 10.2 Å². The standard InChI is InChI=1S/C18H22N2O6/c1-11(16(22)20-9-5-8-14(20)18(25)26)19-13(17(23)24)10-15(21)12-6-3-2-4-7-12/h2-4,6-7,11,13-14,19H,5,8-10H2,1H3,(H,23,24)(H,25,26)/t11-,13?,14-/m0/s1. The van der Waals surface area contributed by atoms with Crippen LogP contribution in [0.5, 0.6) is 0 Å². The van der Waals surface area contributed by atoms with E-state index in [0.717, 1.165) is 0 Å². The highest BCUT2D eigenvalue weighted by Gasteiger charge is 2.37. The fraction of sp³-hybridized carbons (Fsp3) is 0.444. The van der Waals surface area contributed by atoms with Gasteiger partial charge in [-0.25, -0.2) is 4.79 Å². The molecule has 0 bridgehead atoms. The molecule has 0 radical (unpaired) electrons. The van der Waals surface area contributed by atoms with Gasteiger partial charge in [0.05, 0.1) is 6.04 Å². The molecule has 1 saturated heterocycles. The van der Waals surface area contributed by atoms with Gasteiger partial charge in [-0.05, 0) is 19.8 Å². The first-order chi connectivity index (χ1) is 12.3. The summed E-state index contributed by atoms with van der Waals surface area (Å²) in [4.78, 5) is 48.7. The Morgan fingerprint density at radius 1 is 1.19 bits per heavy atom. The van der Waals surface area contributed by atoms with Gasteiger partial charge in [-0.3, -0.25) is 19.7 Å². The molecule has 1 aliphatic heterocycles. The molecule has 1 aromatic carbocycles. The molecular weight excluding hydrogens is 340 g/mol. The second kappa shape index (κ2) is 8.57. The summed E-state index contributed by atoms with van der Waals surface area (Å²) in [5.74, 6) is -3.15. The summed E-state index contributed by atoms with van der Waals surface area (Å²) in [5, 5.41) is 21.2. The maximum Gasteiger partial charge on any atom is 0.326 e. The number of benzene rings is 1. The van der Waals surface area contributed by atoms with Gasteiger partial charge in [-0.1, -0.05) is 30.3 Å². The minimum atomic E-state index is -1.25. The molecule has 0 spiro atoms. The van der Waals surface area contributed by atoms with Crippen molar-refractivity contribution in [2.75, 3.05) is 6.54 Å². The van der Waals surface area contributed by atoms with Gasteiger partial charge in [0.15, 0.2) is 5.78 Å². The summed E-state index contributed by atoms with van der Waals surface area (Å²) < 4.78 is 0. The average Bonchev–Trinajstić information content (AvgIpc) is 3.10. The minimum absolute atomic E-state index is 0.306. The lowest BCUT2D eigenvalue weighted by molar-refractivity contribution is -0.149. The first kappa shape index (κ1) is 19.6. The highest BCUT2D eigenvalue weighted by molar-refractivity contribution is 5.99. The fourth-order valence-corrected chi connectivity index (χ4v) is 3.05. The highest BCUT2D eigenvalue weighted by Crippen LogP contribution is 2.18. The maximum absolute atomic E-state index is 12.5. The summed E-state index contributed by atoms with van der Waals surface area (Å²) >= 11 is 0. The maximum atomic E-state index is 12.5. The van der Waals surface area contributed by atoms with E-state index in [0.29, 0.717) is 24.9 Å². The summed E-state index contributed by atoms with van der Waals surface area (Å²) in [5.41, 5.74) is 0.394. The zero-order valence-electron chi connectivity index (χ0n) is 14.4. The van der Waals surface area contributed by atoms with Crippen molar-refractivity contribution < 1.29 is 29.4 Å². The Hall–Kier alpha value is -2.74. The quantitative estimate of drug-likeness (QED) is 0.583. The number of carboxylic acid groups (broad SMARTS) is 2. The van der Waals surface area contributed by atoms with Crippen LogP contribution in [0, 0.1) is 0 Å². The van der Waals surface area contributed by atoms with Gasteiger partial charge < -0.3 is 15.1 Å². The summed E-state index contributed by atoms with van der Waals surface area (Å²) in [6.07, 6.45) is 0.659. The van der Waals surface area contributed by atoms with Gasteiger partial charge in [0.2, 0.25) is 5.91 Å². The summed E-state index contributed by atoms with van der Waals surface area (Å²) in [7, 11) is 0. The molecule has 26 heavy (non-hydrogen) atoms. The third-order valence-electron chi connectivity index (χ3n) is 4.43. The molecule has 0 aromatic heterocycles. The SMILES string of the molecule is C[C@H](NC(CC(=O)c1ccccc1)C(=O)O)C(=O)N1CCC[C@H]1C(=O)O. The molecule has 1 fully saturated rings. The number of ketones is 1. The molecule has 1 aliphatic rings. The molecule has 1 aromatic rings. The predicted molar refractivity (Wildman–Crippen MR) is 91.8 cm³/mol. The zero-order valence-corrected chi connectivity index (χ0v) is 14.4. The number of hydrogen-bond donors (Lipinski definition) is 3. The van der Waals surface area contributed by atoms with Crippen LogP contribution in [0.3, 0.4) is 0 Å². The number of carboxylic acids is 2. The van der Waals surface area contributed by atoms with Crippen LogP contribution in [0.1, 0.15) is 36.5 Å². The second-order valence-electron chi connectivity index (χ2n) is 6.30. The minimum Gasteiger partial charge on any atom is -0.480 e. The van der Waals surface area contributed by atoms with Crippen LogP contribution in [0.15, 0.2) is 30.3 Å². The van der Waals surface area contributed by atoms with E-state index in [2.05, 4.69) is 5.32 Å². The third kappa shape index (κ3) is 4.66. The van der Waals surface area contributed by atoms with Crippen molar-refractivity contribution in [2.24, 2.45) is 0 Å². The summed E-state index contributed by atoms with van der Waals surface area (Å²) in [6, 6.07) is 5.26. The number of aliphatic carboxylic acids is 2. The predicted octanol–water partition coefficient (Wildman–Crippen LogP) is 0.766. The van der Waals surface area contributed by atoms with E-state index >= 15 is 0 Å². The van der Waals surface area contributed by atoms with Crippen LogP contribution in [0.4, 0.5) is 0 Å². The van der Waals surface area contributed by atoms with Gasteiger partial charge >= 0.3 is 11.9 Å². The highest BCUT2D eigenvalue weighted by atomic mass is 16.4.